The van der Waals surface area contributed by atoms with Crippen molar-refractivity contribution in [2.45, 2.75) is 4.90 Å². The van der Waals surface area contributed by atoms with Gasteiger partial charge in [-0.1, -0.05) is 0 Å². The molecule has 110 valence electrons. The Morgan fingerprint density at radius 1 is 1.05 bits per heavy atom. The van der Waals surface area contributed by atoms with Crippen molar-refractivity contribution in [1.82, 2.24) is 0 Å². The smallest absolute Gasteiger partial charge is 0.338 e. The predicted molar refractivity (Wildman–Crippen MR) is 70.6 cm³/mol. The molecular formula is C13H9F2NO4S. The summed E-state index contributed by atoms with van der Waals surface area (Å²) in [6, 6.07) is 6.84. The summed E-state index contributed by atoms with van der Waals surface area (Å²) in [4.78, 5) is 10.6. The summed E-state index contributed by atoms with van der Waals surface area (Å²) in [5, 5.41) is 8.78. The molecule has 0 aliphatic rings. The number of nitrogens with one attached hydrogen (secondary N) is 1. The van der Waals surface area contributed by atoms with Gasteiger partial charge in [0.1, 0.15) is 11.6 Å². The highest BCUT2D eigenvalue weighted by atomic mass is 32.2. The normalized spacial score (nSPS) is 11.1. The fraction of sp³-hybridized carbons (Fsp3) is 0. The summed E-state index contributed by atoms with van der Waals surface area (Å²) in [6.07, 6.45) is 0. The molecule has 0 amide bonds. The average Bonchev–Trinajstić information content (AvgIpc) is 2.41. The van der Waals surface area contributed by atoms with Crippen LogP contribution in [0, 0.1) is 11.6 Å². The second-order valence-electron chi connectivity index (χ2n) is 4.06. The summed E-state index contributed by atoms with van der Waals surface area (Å²) in [6.45, 7) is 0. The lowest BCUT2D eigenvalue weighted by Gasteiger charge is -2.09. The van der Waals surface area contributed by atoms with E-state index in [-0.39, 0.29) is 10.6 Å². The molecule has 0 fully saturated rings. The van der Waals surface area contributed by atoms with E-state index in [0.29, 0.717) is 0 Å². The molecule has 8 heteroatoms. The molecule has 2 aromatic carbocycles. The zero-order valence-electron chi connectivity index (χ0n) is 10.4. The third-order valence-electron chi connectivity index (χ3n) is 2.57. The van der Waals surface area contributed by atoms with Crippen molar-refractivity contribution in [3.05, 3.63) is 59.7 Å². The molecule has 0 atom stereocenters. The number of hydrogen-bond donors (Lipinski definition) is 2. The summed E-state index contributed by atoms with van der Waals surface area (Å²) < 4.78 is 52.1. The number of carboxylic acids is 1. The molecule has 0 aromatic heterocycles. The summed E-state index contributed by atoms with van der Waals surface area (Å²) in [5.74, 6) is -3.09. The third-order valence-corrected chi connectivity index (χ3v) is 3.97. The van der Waals surface area contributed by atoms with Crippen molar-refractivity contribution in [2.75, 3.05) is 4.72 Å². The maximum absolute atomic E-state index is 13.2. The summed E-state index contributed by atoms with van der Waals surface area (Å²) in [5.41, 5.74) is -0.771. The zero-order valence-corrected chi connectivity index (χ0v) is 11.2. The van der Waals surface area contributed by atoms with Crippen molar-refractivity contribution in [3.8, 4) is 0 Å². The molecule has 0 heterocycles. The molecule has 0 unspecified atom stereocenters. The molecule has 0 aliphatic carbocycles. The quantitative estimate of drug-likeness (QED) is 0.908. The highest BCUT2D eigenvalue weighted by Gasteiger charge is 2.17. The molecular weight excluding hydrogens is 304 g/mol. The van der Waals surface area contributed by atoms with Crippen LogP contribution in [0.25, 0.3) is 0 Å². The molecule has 2 aromatic rings. The Morgan fingerprint density at radius 2 is 1.67 bits per heavy atom. The Kier molecular flexibility index (Phi) is 3.90. The van der Waals surface area contributed by atoms with Gasteiger partial charge in [0.2, 0.25) is 0 Å². The molecule has 21 heavy (non-hydrogen) atoms. The van der Waals surface area contributed by atoms with Crippen LogP contribution in [-0.2, 0) is 10.0 Å². The minimum absolute atomic E-state index is 0.113. The minimum atomic E-state index is -4.02. The van der Waals surface area contributed by atoms with Crippen molar-refractivity contribution < 1.29 is 27.1 Å². The molecule has 0 saturated carbocycles. The maximum Gasteiger partial charge on any atom is 0.338 e. The molecule has 0 spiro atoms. The van der Waals surface area contributed by atoms with Gasteiger partial charge in [0.15, 0.2) is 0 Å². The number of benzene rings is 2. The highest BCUT2D eigenvalue weighted by molar-refractivity contribution is 7.92. The van der Waals surface area contributed by atoms with Crippen LogP contribution in [0.5, 0.6) is 0 Å². The number of carbonyl (C=O) groups is 1. The van der Waals surface area contributed by atoms with Gasteiger partial charge in [-0.25, -0.2) is 22.0 Å². The third kappa shape index (κ3) is 3.34. The minimum Gasteiger partial charge on any atom is -0.478 e. The van der Waals surface area contributed by atoms with E-state index in [9.17, 15) is 22.0 Å². The van der Waals surface area contributed by atoms with Crippen molar-refractivity contribution in [3.63, 3.8) is 0 Å². The van der Waals surface area contributed by atoms with E-state index in [0.717, 1.165) is 42.5 Å². The fourth-order valence-electron chi connectivity index (χ4n) is 1.58. The SMILES string of the molecule is O=C(O)c1cc(NS(=O)(=O)c2ccc(F)cc2)ccc1F. The first-order valence-corrected chi connectivity index (χ1v) is 7.09. The van der Waals surface area contributed by atoms with Gasteiger partial charge < -0.3 is 5.11 Å². The van der Waals surface area contributed by atoms with Crippen molar-refractivity contribution in [1.29, 1.82) is 0 Å². The van der Waals surface area contributed by atoms with Gasteiger partial charge in [-0.3, -0.25) is 4.72 Å². The molecule has 2 N–H and O–H groups in total. The number of hydrogen-bond acceptors (Lipinski definition) is 3. The first kappa shape index (κ1) is 14.9. The van der Waals surface area contributed by atoms with Gasteiger partial charge in [0.05, 0.1) is 10.5 Å². The van der Waals surface area contributed by atoms with Gasteiger partial charge >= 0.3 is 5.97 Å². The van der Waals surface area contributed by atoms with Crippen LogP contribution in [0.2, 0.25) is 0 Å². The standard InChI is InChI=1S/C13H9F2NO4S/c14-8-1-4-10(5-2-8)21(19,20)16-9-3-6-12(15)11(7-9)13(17)18/h1-7,16H,(H,17,18). The molecule has 0 aliphatic heterocycles. The zero-order chi connectivity index (χ0) is 15.6. The van der Waals surface area contributed by atoms with Crippen LogP contribution in [0.1, 0.15) is 10.4 Å². The van der Waals surface area contributed by atoms with Gasteiger partial charge in [-0.15, -0.1) is 0 Å². The van der Waals surface area contributed by atoms with Crippen LogP contribution in [0.3, 0.4) is 0 Å². The molecule has 2 rings (SSSR count). The Bertz CT molecular complexity index is 788. The second kappa shape index (κ2) is 5.49. The van der Waals surface area contributed by atoms with Crippen molar-refractivity contribution >= 4 is 21.7 Å². The Morgan fingerprint density at radius 3 is 2.24 bits per heavy atom. The summed E-state index contributed by atoms with van der Waals surface area (Å²) >= 11 is 0. The van der Waals surface area contributed by atoms with E-state index < -0.39 is 33.2 Å². The van der Waals surface area contributed by atoms with Crippen LogP contribution in [0.4, 0.5) is 14.5 Å². The Hall–Kier alpha value is -2.48. The average molecular weight is 313 g/mol. The van der Waals surface area contributed by atoms with Gasteiger partial charge in [-0.2, -0.15) is 0 Å². The van der Waals surface area contributed by atoms with Crippen LogP contribution in [0.15, 0.2) is 47.4 Å². The molecule has 0 radical (unpaired) electrons. The lowest BCUT2D eigenvalue weighted by atomic mass is 10.2. The van der Waals surface area contributed by atoms with E-state index in [2.05, 4.69) is 4.72 Å². The number of aromatic carboxylic acids is 1. The maximum atomic E-state index is 13.2. The topological polar surface area (TPSA) is 83.5 Å². The molecule has 0 saturated heterocycles. The van der Waals surface area contributed by atoms with Gasteiger partial charge in [-0.05, 0) is 42.5 Å². The molecule has 5 nitrogen and oxygen atoms in total. The first-order valence-electron chi connectivity index (χ1n) is 5.61. The fourth-order valence-corrected chi connectivity index (χ4v) is 2.63. The second-order valence-corrected chi connectivity index (χ2v) is 5.74. The number of anilines is 1. The number of rotatable bonds is 4. The van der Waals surface area contributed by atoms with E-state index >= 15 is 0 Å². The Balaban J connectivity index is 2.35. The van der Waals surface area contributed by atoms with E-state index in [1.807, 2.05) is 0 Å². The largest absolute Gasteiger partial charge is 0.478 e. The van der Waals surface area contributed by atoms with E-state index in [4.69, 9.17) is 5.11 Å². The van der Waals surface area contributed by atoms with Gasteiger partial charge in [0.25, 0.3) is 10.0 Å². The predicted octanol–water partition coefficient (Wildman–Crippen LogP) is 2.46. The number of sulfonamides is 1. The monoisotopic (exact) mass is 313 g/mol. The van der Waals surface area contributed by atoms with Crippen LogP contribution in [-0.4, -0.2) is 19.5 Å². The first-order chi connectivity index (χ1) is 9.79. The van der Waals surface area contributed by atoms with Crippen LogP contribution >= 0.6 is 0 Å². The lowest BCUT2D eigenvalue weighted by molar-refractivity contribution is 0.0692. The van der Waals surface area contributed by atoms with Gasteiger partial charge in [0, 0.05) is 5.69 Å². The van der Waals surface area contributed by atoms with Crippen LogP contribution < -0.4 is 4.72 Å². The van der Waals surface area contributed by atoms with Crippen molar-refractivity contribution in [2.24, 2.45) is 0 Å². The van der Waals surface area contributed by atoms with E-state index in [1.54, 1.807) is 0 Å². The number of carboxylic acid groups (broad SMARTS) is 1. The molecule has 0 bridgehead atoms. The Labute approximate surface area is 118 Å². The summed E-state index contributed by atoms with van der Waals surface area (Å²) in [7, 11) is -4.02. The van der Waals surface area contributed by atoms with E-state index in [1.165, 1.54) is 0 Å². The number of halogens is 2. The lowest BCUT2D eigenvalue weighted by Crippen LogP contribution is -2.13. The highest BCUT2D eigenvalue weighted by Crippen LogP contribution is 2.19.